The van der Waals surface area contributed by atoms with Crippen molar-refractivity contribution in [2.24, 2.45) is 0 Å². The quantitative estimate of drug-likeness (QED) is 0.120. The first-order chi connectivity index (χ1) is 36.6. The summed E-state index contributed by atoms with van der Waals surface area (Å²) >= 11 is 0. The van der Waals surface area contributed by atoms with Crippen LogP contribution in [-0.4, -0.2) is 4.57 Å². The van der Waals surface area contributed by atoms with Crippen molar-refractivity contribution >= 4 is 21.8 Å². The first-order valence-electron chi connectivity index (χ1n) is 26.5. The molecule has 74 heavy (non-hydrogen) atoms. The lowest BCUT2D eigenvalue weighted by Gasteiger charge is -2.38. The third-order valence-electron chi connectivity index (χ3n) is 17.3. The van der Waals surface area contributed by atoms with Crippen LogP contribution in [0.3, 0.4) is 0 Å². The Kier molecular flexibility index (Phi) is 10.2. The summed E-state index contributed by atoms with van der Waals surface area (Å²) in [4.78, 5) is 0. The predicted octanol–water partition coefficient (Wildman–Crippen LogP) is 18.3. The van der Waals surface area contributed by atoms with E-state index in [4.69, 9.17) is 0 Å². The van der Waals surface area contributed by atoms with Crippen LogP contribution < -0.4 is 0 Å². The second-order valence-corrected chi connectivity index (χ2v) is 20.5. The number of hydrogen-bond donors (Lipinski definition) is 0. The van der Waals surface area contributed by atoms with Gasteiger partial charge in [-0.2, -0.15) is 0 Å². The smallest absolute Gasteiger partial charge is 0.0714 e. The van der Waals surface area contributed by atoms with Crippen LogP contribution in [0.2, 0.25) is 0 Å². The molecule has 0 radical (unpaired) electrons. The molecule has 1 heteroatoms. The van der Waals surface area contributed by atoms with Crippen molar-refractivity contribution in [1.29, 1.82) is 0 Å². The zero-order chi connectivity index (χ0) is 49.4. The summed E-state index contributed by atoms with van der Waals surface area (Å²) in [7, 11) is 0. The summed E-state index contributed by atoms with van der Waals surface area (Å²) in [5.74, 6) is 0. The van der Waals surface area contributed by atoms with Crippen molar-refractivity contribution in [3.63, 3.8) is 0 Å². The Hall–Kier alpha value is -8.78. The molecule has 0 bridgehead atoms. The predicted molar refractivity (Wildman–Crippen MR) is 309 cm³/mol. The van der Waals surface area contributed by atoms with Gasteiger partial charge >= 0.3 is 0 Å². The number of hydrogen-bond acceptors (Lipinski definition) is 0. The van der Waals surface area contributed by atoms with Crippen molar-refractivity contribution in [3.8, 4) is 39.1 Å². The van der Waals surface area contributed by atoms with E-state index in [-0.39, 0.29) is 5.41 Å². The lowest BCUT2D eigenvalue weighted by molar-refractivity contribution is 0.489. The molecule has 0 fully saturated rings. The number of para-hydroxylation sites is 1. The highest BCUT2D eigenvalue weighted by molar-refractivity contribution is 6.10. The molecule has 11 aromatic carbocycles. The van der Waals surface area contributed by atoms with Crippen molar-refractivity contribution < 1.29 is 0 Å². The maximum atomic E-state index is 2.58. The van der Waals surface area contributed by atoms with E-state index in [0.29, 0.717) is 0 Å². The number of nitrogens with zero attached hydrogens (tertiary/aromatic N) is 1. The molecule has 0 amide bonds. The minimum Gasteiger partial charge on any atom is -0.309 e. The SMILES string of the molecule is CCC1(CC)c2cc(-c3ccc4c(c3)c3ccccc3n4-c3ccc4c(c3)C(c3ccccc3)(c3ccccc3)c3ccccc3-4)ccc2-c2ccc(C(c3ccccc3)(c3ccccc3)c3ccccc3)cc21. The molecule has 0 atom stereocenters. The molecule has 0 saturated heterocycles. The molecule has 12 aromatic rings. The lowest BCUT2D eigenvalue weighted by Crippen LogP contribution is -2.32. The molecule has 0 N–H and O–H groups in total. The van der Waals surface area contributed by atoms with Gasteiger partial charge in [-0.3, -0.25) is 0 Å². The van der Waals surface area contributed by atoms with E-state index < -0.39 is 10.8 Å². The summed E-state index contributed by atoms with van der Waals surface area (Å²) in [5.41, 5.74) is 23.3. The summed E-state index contributed by atoms with van der Waals surface area (Å²) in [6.07, 6.45) is 2.00. The van der Waals surface area contributed by atoms with Crippen molar-refractivity contribution in [1.82, 2.24) is 4.57 Å². The summed E-state index contributed by atoms with van der Waals surface area (Å²) in [6, 6.07) is 103. The Morgan fingerprint density at radius 3 is 1.41 bits per heavy atom. The zero-order valence-corrected chi connectivity index (χ0v) is 41.8. The van der Waals surface area contributed by atoms with Gasteiger partial charge in [-0.1, -0.05) is 250 Å². The van der Waals surface area contributed by atoms with Gasteiger partial charge in [-0.15, -0.1) is 0 Å². The van der Waals surface area contributed by atoms with E-state index in [1.165, 1.54) is 111 Å². The highest BCUT2D eigenvalue weighted by atomic mass is 15.0. The topological polar surface area (TPSA) is 4.93 Å². The summed E-state index contributed by atoms with van der Waals surface area (Å²) in [5, 5.41) is 2.51. The fraction of sp³-hybridized carbons (Fsp3) is 0.0959. The molecule has 1 heterocycles. The summed E-state index contributed by atoms with van der Waals surface area (Å²) in [6.45, 7) is 4.78. The van der Waals surface area contributed by atoms with Gasteiger partial charge in [0.25, 0.3) is 0 Å². The first kappa shape index (κ1) is 44.0. The van der Waals surface area contributed by atoms with Crippen LogP contribution in [0.1, 0.15) is 82.3 Å². The van der Waals surface area contributed by atoms with Crippen molar-refractivity contribution in [2.45, 2.75) is 42.9 Å². The Morgan fingerprint density at radius 1 is 0.324 bits per heavy atom. The third-order valence-corrected chi connectivity index (χ3v) is 17.3. The highest BCUT2D eigenvalue weighted by Crippen LogP contribution is 2.58. The van der Waals surface area contributed by atoms with Gasteiger partial charge in [-0.05, 0) is 138 Å². The van der Waals surface area contributed by atoms with Gasteiger partial charge in [0.1, 0.15) is 0 Å². The lowest BCUT2D eigenvalue weighted by atomic mass is 9.64. The fourth-order valence-corrected chi connectivity index (χ4v) is 14.0. The molecule has 0 unspecified atom stereocenters. The molecule has 1 aromatic heterocycles. The maximum absolute atomic E-state index is 2.58. The Bertz CT molecular complexity index is 3930. The number of benzene rings is 11. The van der Waals surface area contributed by atoms with E-state index in [9.17, 15) is 0 Å². The largest absolute Gasteiger partial charge is 0.309 e. The average Bonchev–Trinajstić information content (AvgIpc) is 4.08. The van der Waals surface area contributed by atoms with Crippen LogP contribution in [0.25, 0.3) is 60.9 Å². The number of aromatic nitrogens is 1. The van der Waals surface area contributed by atoms with Gasteiger partial charge < -0.3 is 4.57 Å². The minimum absolute atomic E-state index is 0.158. The van der Waals surface area contributed by atoms with E-state index in [0.717, 1.165) is 18.5 Å². The molecule has 0 aliphatic heterocycles. The molecular weight excluding hydrogens is 891 g/mol. The van der Waals surface area contributed by atoms with Gasteiger partial charge in [0.2, 0.25) is 0 Å². The van der Waals surface area contributed by atoms with Crippen LogP contribution in [0.15, 0.2) is 273 Å². The second-order valence-electron chi connectivity index (χ2n) is 20.5. The zero-order valence-electron chi connectivity index (χ0n) is 41.8. The standard InChI is InChI=1S/C73H55N/c1-3-71(4-2)66-47-51(38-42-60(66)61-43-40-57(48-67(61)71)72(52-24-10-5-11-25-52,53-26-12-6-13-27-53)54-28-14-7-15-29-54)50-39-45-70-64(46-50)63-35-21-23-37-69(63)74(70)58-41-44-62-59-34-20-22-36-65(59)73(68(62)49-58,55-30-16-8-17-31-55)56-32-18-9-19-33-56/h5-49H,3-4H2,1-2H3. The molecule has 14 rings (SSSR count). The van der Waals surface area contributed by atoms with E-state index in [1.807, 2.05) is 0 Å². The van der Waals surface area contributed by atoms with E-state index in [2.05, 4.69) is 291 Å². The average molecular weight is 946 g/mol. The summed E-state index contributed by atoms with van der Waals surface area (Å²) < 4.78 is 2.49. The highest BCUT2D eigenvalue weighted by Gasteiger charge is 2.47. The number of fused-ring (bicyclic) bond motifs is 9. The molecule has 2 aliphatic rings. The van der Waals surface area contributed by atoms with Crippen LogP contribution in [0, 0.1) is 0 Å². The van der Waals surface area contributed by atoms with Gasteiger partial charge in [0.05, 0.1) is 21.9 Å². The van der Waals surface area contributed by atoms with Crippen molar-refractivity contribution in [3.05, 3.63) is 329 Å². The molecular formula is C73H55N. The third kappa shape index (κ3) is 6.17. The molecule has 1 nitrogen and oxygen atoms in total. The molecule has 352 valence electrons. The van der Waals surface area contributed by atoms with Crippen LogP contribution in [0.4, 0.5) is 0 Å². The van der Waals surface area contributed by atoms with Crippen LogP contribution in [-0.2, 0) is 16.2 Å². The van der Waals surface area contributed by atoms with Crippen LogP contribution in [0.5, 0.6) is 0 Å². The normalized spacial score (nSPS) is 13.9. The fourth-order valence-electron chi connectivity index (χ4n) is 14.0. The Labute approximate surface area is 434 Å². The molecule has 0 saturated carbocycles. The Morgan fingerprint density at radius 2 is 0.784 bits per heavy atom. The van der Waals surface area contributed by atoms with E-state index in [1.54, 1.807) is 0 Å². The van der Waals surface area contributed by atoms with Gasteiger partial charge in [0.15, 0.2) is 0 Å². The molecule has 0 spiro atoms. The van der Waals surface area contributed by atoms with Gasteiger partial charge in [-0.25, -0.2) is 0 Å². The first-order valence-corrected chi connectivity index (χ1v) is 26.5. The Balaban J connectivity index is 0.911. The van der Waals surface area contributed by atoms with Crippen LogP contribution >= 0.6 is 0 Å². The van der Waals surface area contributed by atoms with E-state index >= 15 is 0 Å². The molecule has 2 aliphatic carbocycles. The monoisotopic (exact) mass is 945 g/mol. The second kappa shape index (κ2) is 17.2. The van der Waals surface area contributed by atoms with Crippen molar-refractivity contribution in [2.75, 3.05) is 0 Å². The van der Waals surface area contributed by atoms with Gasteiger partial charge in [0, 0.05) is 21.9 Å². The maximum Gasteiger partial charge on any atom is 0.0714 e. The number of rotatable bonds is 10. The minimum atomic E-state index is -0.516.